The van der Waals surface area contributed by atoms with E-state index in [1.54, 1.807) is 12.1 Å². The number of rotatable bonds is 5. The molecule has 0 unspecified atom stereocenters. The predicted octanol–water partition coefficient (Wildman–Crippen LogP) is 6.91. The van der Waals surface area contributed by atoms with Gasteiger partial charge in [-0.1, -0.05) is 51.8 Å². The van der Waals surface area contributed by atoms with Crippen molar-refractivity contribution in [3.05, 3.63) is 105 Å². The van der Waals surface area contributed by atoms with Crippen molar-refractivity contribution in [3.63, 3.8) is 0 Å². The Kier molecular flexibility index (Phi) is 5.30. The van der Waals surface area contributed by atoms with Gasteiger partial charge in [0.25, 0.3) is 5.91 Å². The number of carbonyl (C=O) groups excluding carboxylic acids is 1. The largest absolute Gasteiger partial charge is 0.361 e. The Labute approximate surface area is 193 Å². The molecule has 31 heavy (non-hydrogen) atoms. The van der Waals surface area contributed by atoms with Crippen molar-refractivity contribution in [1.82, 2.24) is 14.9 Å². The second-order valence-corrected chi connectivity index (χ2v) is 8.82. The van der Waals surface area contributed by atoms with E-state index in [4.69, 9.17) is 11.6 Å². The molecule has 0 spiro atoms. The van der Waals surface area contributed by atoms with E-state index in [1.807, 2.05) is 59.8 Å². The van der Waals surface area contributed by atoms with Gasteiger partial charge in [-0.15, -0.1) is 0 Å². The van der Waals surface area contributed by atoms with E-state index in [2.05, 4.69) is 38.0 Å². The Hall–Kier alpha value is -3.02. The van der Waals surface area contributed by atoms with Crippen LogP contribution in [0.4, 0.5) is 0 Å². The van der Waals surface area contributed by atoms with Gasteiger partial charge in [-0.25, -0.2) is 0 Å². The smallest absolute Gasteiger partial charge is 0.256 e. The molecule has 1 amide bonds. The van der Waals surface area contributed by atoms with Crippen molar-refractivity contribution < 1.29 is 4.79 Å². The van der Waals surface area contributed by atoms with Crippen LogP contribution >= 0.6 is 27.5 Å². The van der Waals surface area contributed by atoms with E-state index in [9.17, 15) is 4.79 Å². The van der Waals surface area contributed by atoms with Crippen LogP contribution in [0.25, 0.3) is 21.8 Å². The molecular weight excluding hydrogens is 474 g/mol. The first-order chi connectivity index (χ1) is 15.1. The summed E-state index contributed by atoms with van der Waals surface area (Å²) >= 11 is 9.88. The van der Waals surface area contributed by atoms with Crippen molar-refractivity contribution in [2.24, 2.45) is 0 Å². The SMILES string of the molecule is O=C(c1cc(Br)ccc1Cl)N(Cc1cccc2[nH]ccc12)Cc1cccc2[nH]ccc12. The summed E-state index contributed by atoms with van der Waals surface area (Å²) in [5.41, 5.74) is 4.76. The van der Waals surface area contributed by atoms with Crippen LogP contribution in [-0.4, -0.2) is 20.8 Å². The van der Waals surface area contributed by atoms with E-state index >= 15 is 0 Å². The Balaban J connectivity index is 1.58. The minimum atomic E-state index is -0.105. The van der Waals surface area contributed by atoms with Crippen molar-refractivity contribution in [2.75, 3.05) is 0 Å². The number of amides is 1. The van der Waals surface area contributed by atoms with Gasteiger partial charge in [-0.05, 0) is 53.6 Å². The number of aromatic nitrogens is 2. The van der Waals surface area contributed by atoms with E-state index in [0.29, 0.717) is 23.7 Å². The summed E-state index contributed by atoms with van der Waals surface area (Å²) < 4.78 is 0.820. The summed E-state index contributed by atoms with van der Waals surface area (Å²) in [6.07, 6.45) is 3.85. The summed E-state index contributed by atoms with van der Waals surface area (Å²) in [5.74, 6) is -0.105. The Bertz CT molecular complexity index is 1330. The Morgan fingerprint density at radius 3 is 2.00 bits per heavy atom. The quantitative estimate of drug-likeness (QED) is 0.275. The summed E-state index contributed by atoms with van der Waals surface area (Å²) in [6.45, 7) is 0.940. The maximum atomic E-state index is 13.7. The minimum absolute atomic E-state index is 0.105. The summed E-state index contributed by atoms with van der Waals surface area (Å²) in [5, 5.41) is 2.67. The highest BCUT2D eigenvalue weighted by molar-refractivity contribution is 9.10. The molecule has 0 aliphatic carbocycles. The van der Waals surface area contributed by atoms with Crippen molar-refractivity contribution >= 4 is 55.2 Å². The molecule has 0 atom stereocenters. The molecule has 5 rings (SSSR count). The number of nitrogens with zero attached hydrogens (tertiary/aromatic N) is 1. The number of carbonyl (C=O) groups is 1. The topological polar surface area (TPSA) is 51.9 Å². The molecule has 3 aromatic carbocycles. The molecule has 154 valence electrons. The average Bonchev–Trinajstić information content (AvgIpc) is 3.44. The third kappa shape index (κ3) is 3.87. The van der Waals surface area contributed by atoms with Gasteiger partial charge in [0.05, 0.1) is 10.6 Å². The van der Waals surface area contributed by atoms with E-state index in [1.165, 1.54) is 0 Å². The normalized spacial score (nSPS) is 11.3. The fourth-order valence-electron chi connectivity index (χ4n) is 4.02. The molecule has 4 nitrogen and oxygen atoms in total. The fourth-order valence-corrected chi connectivity index (χ4v) is 4.58. The lowest BCUT2D eigenvalue weighted by Crippen LogP contribution is -2.30. The van der Waals surface area contributed by atoms with Gasteiger partial charge in [-0.2, -0.15) is 0 Å². The molecule has 2 N–H and O–H groups in total. The van der Waals surface area contributed by atoms with Crippen molar-refractivity contribution in [2.45, 2.75) is 13.1 Å². The lowest BCUT2D eigenvalue weighted by atomic mass is 10.1. The zero-order valence-corrected chi connectivity index (χ0v) is 18.9. The number of fused-ring (bicyclic) bond motifs is 2. The van der Waals surface area contributed by atoms with Crippen LogP contribution < -0.4 is 0 Å². The predicted molar refractivity (Wildman–Crippen MR) is 129 cm³/mol. The monoisotopic (exact) mass is 491 g/mol. The van der Waals surface area contributed by atoms with Gasteiger partial charge in [0, 0.05) is 51.8 Å². The molecule has 0 bridgehead atoms. The summed E-state index contributed by atoms with van der Waals surface area (Å²) in [7, 11) is 0. The van der Waals surface area contributed by atoms with E-state index in [0.717, 1.165) is 37.4 Å². The molecule has 2 aromatic heterocycles. The summed E-state index contributed by atoms with van der Waals surface area (Å²) in [6, 6.07) is 21.7. The van der Waals surface area contributed by atoms with Crippen molar-refractivity contribution in [1.29, 1.82) is 0 Å². The summed E-state index contributed by atoms with van der Waals surface area (Å²) in [4.78, 5) is 22.0. The van der Waals surface area contributed by atoms with Gasteiger partial charge < -0.3 is 14.9 Å². The van der Waals surface area contributed by atoms with Crippen molar-refractivity contribution in [3.8, 4) is 0 Å². The molecule has 0 radical (unpaired) electrons. The fraction of sp³-hybridized carbons (Fsp3) is 0.0800. The molecule has 0 aliphatic heterocycles. The van der Waals surface area contributed by atoms with Crippen LogP contribution in [-0.2, 0) is 13.1 Å². The van der Waals surface area contributed by atoms with Crippen LogP contribution in [0, 0.1) is 0 Å². The molecule has 0 saturated heterocycles. The number of hydrogen-bond acceptors (Lipinski definition) is 1. The zero-order chi connectivity index (χ0) is 21.4. The van der Waals surface area contributed by atoms with E-state index in [-0.39, 0.29) is 5.91 Å². The zero-order valence-electron chi connectivity index (χ0n) is 16.5. The number of nitrogens with one attached hydrogen (secondary N) is 2. The highest BCUT2D eigenvalue weighted by Gasteiger charge is 2.21. The second-order valence-electron chi connectivity index (χ2n) is 7.50. The van der Waals surface area contributed by atoms with Crippen LogP contribution in [0.2, 0.25) is 5.02 Å². The maximum Gasteiger partial charge on any atom is 0.256 e. The Morgan fingerprint density at radius 2 is 1.42 bits per heavy atom. The third-order valence-corrected chi connectivity index (χ3v) is 6.36. The number of H-pyrrole nitrogens is 2. The lowest BCUT2D eigenvalue weighted by molar-refractivity contribution is 0.0731. The van der Waals surface area contributed by atoms with Gasteiger partial charge in [-0.3, -0.25) is 4.79 Å². The molecule has 0 aliphatic rings. The average molecular weight is 493 g/mol. The number of benzene rings is 3. The number of aromatic amines is 2. The number of hydrogen-bond donors (Lipinski definition) is 2. The molecule has 5 aromatic rings. The van der Waals surface area contributed by atoms with Gasteiger partial charge in [0.2, 0.25) is 0 Å². The Morgan fingerprint density at radius 1 is 0.839 bits per heavy atom. The van der Waals surface area contributed by atoms with Crippen LogP contribution in [0.3, 0.4) is 0 Å². The molecule has 2 heterocycles. The highest BCUT2D eigenvalue weighted by Crippen LogP contribution is 2.27. The highest BCUT2D eigenvalue weighted by atomic mass is 79.9. The first-order valence-electron chi connectivity index (χ1n) is 9.94. The van der Waals surface area contributed by atoms with Crippen LogP contribution in [0.5, 0.6) is 0 Å². The van der Waals surface area contributed by atoms with Crippen LogP contribution in [0.1, 0.15) is 21.5 Å². The van der Waals surface area contributed by atoms with Gasteiger partial charge in [0.1, 0.15) is 0 Å². The first-order valence-corrected chi connectivity index (χ1v) is 11.1. The number of halogens is 2. The maximum absolute atomic E-state index is 13.7. The molecular formula is C25H19BrClN3O. The third-order valence-electron chi connectivity index (χ3n) is 5.54. The van der Waals surface area contributed by atoms with Gasteiger partial charge >= 0.3 is 0 Å². The van der Waals surface area contributed by atoms with E-state index < -0.39 is 0 Å². The standard InChI is InChI=1S/C25H19BrClN3O/c26-18-7-8-22(27)21(13-18)25(31)30(14-16-3-1-5-23-19(16)9-11-28-23)15-17-4-2-6-24-20(17)10-12-29-24/h1-13,28-29H,14-15H2. The van der Waals surface area contributed by atoms with Gasteiger partial charge in [0.15, 0.2) is 0 Å². The molecule has 6 heteroatoms. The first kappa shape index (κ1) is 19.9. The lowest BCUT2D eigenvalue weighted by Gasteiger charge is -2.24. The van der Waals surface area contributed by atoms with Crippen LogP contribution in [0.15, 0.2) is 83.6 Å². The molecule has 0 fully saturated rings. The second kappa shape index (κ2) is 8.25. The minimum Gasteiger partial charge on any atom is -0.361 e. The molecule has 0 saturated carbocycles.